The number of amides is 1. The summed E-state index contributed by atoms with van der Waals surface area (Å²) in [7, 11) is 0. The first-order valence-corrected chi connectivity index (χ1v) is 10.5. The van der Waals surface area contributed by atoms with E-state index in [0.717, 1.165) is 17.0 Å². The molecule has 0 radical (unpaired) electrons. The number of para-hydroxylation sites is 1. The lowest BCUT2D eigenvalue weighted by molar-refractivity contribution is -0.117. The molecule has 1 N–H and O–H groups in total. The van der Waals surface area contributed by atoms with Gasteiger partial charge in [-0.3, -0.25) is 14.3 Å². The highest BCUT2D eigenvalue weighted by atomic mass is 16.2. The normalized spacial score (nSPS) is 11.4. The number of nitrogens with one attached hydrogen (secondary N) is 1. The van der Waals surface area contributed by atoms with Crippen molar-refractivity contribution in [3.8, 4) is 6.07 Å². The molecular weight excluding hydrogens is 414 g/mol. The van der Waals surface area contributed by atoms with Gasteiger partial charge in [0.1, 0.15) is 17.5 Å². The number of benzene rings is 2. The maximum Gasteiger partial charge on any atom is 0.280 e. The lowest BCUT2D eigenvalue weighted by atomic mass is 10.1. The molecule has 0 aliphatic rings. The zero-order valence-corrected chi connectivity index (χ0v) is 18.7. The number of rotatable bonds is 5. The number of hydrogen-bond donors (Lipinski definition) is 1. The van der Waals surface area contributed by atoms with Crippen molar-refractivity contribution in [2.45, 2.75) is 27.3 Å². The molecule has 164 valence electrons. The van der Waals surface area contributed by atoms with E-state index in [9.17, 15) is 14.9 Å². The van der Waals surface area contributed by atoms with Crippen molar-refractivity contribution in [1.82, 2.24) is 19.7 Å². The van der Waals surface area contributed by atoms with E-state index in [1.807, 2.05) is 74.5 Å². The molecule has 0 fully saturated rings. The maximum atomic E-state index is 13.2. The summed E-state index contributed by atoms with van der Waals surface area (Å²) in [5.74, 6) is 0.0871. The fraction of sp³-hybridized carbons (Fsp3) is 0.154. The Morgan fingerprint density at radius 2 is 1.76 bits per heavy atom. The molecule has 33 heavy (non-hydrogen) atoms. The second-order valence-corrected chi connectivity index (χ2v) is 7.77. The highest BCUT2D eigenvalue weighted by Gasteiger charge is 2.17. The van der Waals surface area contributed by atoms with Gasteiger partial charge in [0.2, 0.25) is 0 Å². The fourth-order valence-corrected chi connectivity index (χ4v) is 3.88. The summed E-state index contributed by atoms with van der Waals surface area (Å²) < 4.78 is 3.28. The van der Waals surface area contributed by atoms with Gasteiger partial charge in [0, 0.05) is 17.9 Å². The number of nitriles is 1. The monoisotopic (exact) mass is 437 g/mol. The molecule has 0 atom stereocenters. The molecular formula is C26H23N5O2. The van der Waals surface area contributed by atoms with Crippen LogP contribution in [0.5, 0.6) is 0 Å². The predicted octanol–water partition coefficient (Wildman–Crippen LogP) is 3.66. The van der Waals surface area contributed by atoms with Crippen LogP contribution in [0.25, 0.3) is 17.0 Å². The van der Waals surface area contributed by atoms with Crippen LogP contribution in [0, 0.1) is 32.1 Å². The van der Waals surface area contributed by atoms with Crippen molar-refractivity contribution in [3.05, 3.63) is 105 Å². The number of hydrogen-bond acceptors (Lipinski definition) is 4. The number of nitrogens with zero attached hydrogens (tertiary/aromatic N) is 4. The molecule has 0 bridgehead atoms. The summed E-state index contributed by atoms with van der Waals surface area (Å²) in [6, 6.07) is 20.5. The van der Waals surface area contributed by atoms with Crippen molar-refractivity contribution in [1.29, 1.82) is 5.26 Å². The van der Waals surface area contributed by atoms with Crippen molar-refractivity contribution >= 4 is 22.9 Å². The van der Waals surface area contributed by atoms with Gasteiger partial charge in [-0.25, -0.2) is 4.98 Å². The average Bonchev–Trinajstić information content (AvgIpc) is 3.09. The summed E-state index contributed by atoms with van der Waals surface area (Å²) in [5.41, 5.74) is 3.57. The second-order valence-electron chi connectivity index (χ2n) is 7.77. The largest absolute Gasteiger partial charge is 0.347 e. The quantitative estimate of drug-likeness (QED) is 0.381. The minimum Gasteiger partial charge on any atom is -0.347 e. The first-order chi connectivity index (χ1) is 15.9. The minimum absolute atomic E-state index is 0.00751. The van der Waals surface area contributed by atoms with E-state index in [2.05, 4.69) is 10.3 Å². The molecule has 2 heterocycles. The SMILES string of the molecule is Cc1cc(C=C(C#N)C(=O)NCc2ccccc2)c(C)n1-n1c(C)nc2ccccc2c1=O. The Kier molecular flexibility index (Phi) is 5.92. The van der Waals surface area contributed by atoms with Crippen LogP contribution in [0.2, 0.25) is 0 Å². The Morgan fingerprint density at radius 3 is 2.48 bits per heavy atom. The van der Waals surface area contributed by atoms with Crippen LogP contribution in [0.1, 0.15) is 28.3 Å². The highest BCUT2D eigenvalue weighted by Crippen LogP contribution is 2.19. The maximum absolute atomic E-state index is 13.2. The van der Waals surface area contributed by atoms with Crippen LogP contribution >= 0.6 is 0 Å². The molecule has 7 nitrogen and oxygen atoms in total. The summed E-state index contributed by atoms with van der Waals surface area (Å²) in [5, 5.41) is 12.9. The zero-order valence-electron chi connectivity index (χ0n) is 18.7. The molecule has 0 spiro atoms. The van der Waals surface area contributed by atoms with Crippen molar-refractivity contribution < 1.29 is 4.79 Å². The van der Waals surface area contributed by atoms with E-state index in [-0.39, 0.29) is 11.1 Å². The molecule has 0 unspecified atom stereocenters. The van der Waals surface area contributed by atoms with Gasteiger partial charge in [0.15, 0.2) is 0 Å². The van der Waals surface area contributed by atoms with Crippen LogP contribution in [0.4, 0.5) is 0 Å². The van der Waals surface area contributed by atoms with Gasteiger partial charge in [-0.05, 0) is 56.2 Å². The molecule has 1 amide bonds. The Labute approximate surface area is 191 Å². The van der Waals surface area contributed by atoms with E-state index < -0.39 is 5.91 Å². The molecule has 0 saturated heterocycles. The Balaban J connectivity index is 1.71. The molecule has 4 aromatic rings. The smallest absolute Gasteiger partial charge is 0.280 e. The van der Waals surface area contributed by atoms with Gasteiger partial charge in [0.25, 0.3) is 11.5 Å². The summed E-state index contributed by atoms with van der Waals surface area (Å²) in [4.78, 5) is 30.4. The molecule has 0 saturated carbocycles. The average molecular weight is 438 g/mol. The first-order valence-electron chi connectivity index (χ1n) is 10.5. The number of carbonyl (C=O) groups is 1. The van der Waals surface area contributed by atoms with Crippen LogP contribution < -0.4 is 10.9 Å². The number of fused-ring (bicyclic) bond motifs is 1. The number of aryl methyl sites for hydroxylation is 2. The molecule has 7 heteroatoms. The molecule has 2 aromatic heterocycles. The summed E-state index contributed by atoms with van der Waals surface area (Å²) in [6.45, 7) is 5.82. The molecule has 0 aliphatic heterocycles. The van der Waals surface area contributed by atoms with Crippen molar-refractivity contribution in [2.75, 3.05) is 0 Å². The molecule has 4 rings (SSSR count). The Morgan fingerprint density at radius 1 is 1.06 bits per heavy atom. The summed E-state index contributed by atoms with van der Waals surface area (Å²) >= 11 is 0. The Bertz CT molecular complexity index is 1490. The van der Waals surface area contributed by atoms with Crippen LogP contribution in [-0.4, -0.2) is 20.2 Å². The van der Waals surface area contributed by atoms with E-state index in [0.29, 0.717) is 28.8 Å². The second kappa shape index (κ2) is 8.97. The predicted molar refractivity (Wildman–Crippen MR) is 127 cm³/mol. The zero-order chi connectivity index (χ0) is 23.5. The minimum atomic E-state index is -0.452. The third kappa shape index (κ3) is 4.19. The highest BCUT2D eigenvalue weighted by molar-refractivity contribution is 6.01. The number of aromatic nitrogens is 3. The topological polar surface area (TPSA) is 92.7 Å². The van der Waals surface area contributed by atoms with Gasteiger partial charge in [-0.1, -0.05) is 42.5 Å². The Hall–Kier alpha value is -4.44. The lowest BCUT2D eigenvalue weighted by Gasteiger charge is -2.16. The summed E-state index contributed by atoms with van der Waals surface area (Å²) in [6.07, 6.45) is 1.55. The van der Waals surface area contributed by atoms with E-state index >= 15 is 0 Å². The standard InChI is InChI=1S/C26H23N5O2/c1-17-13-21(14-22(15-27)25(32)28-16-20-9-5-4-6-10-20)18(2)30(17)31-19(3)29-24-12-8-7-11-23(24)26(31)33/h4-14H,16H2,1-3H3,(H,28,32). The first kappa shape index (κ1) is 21.8. The van der Waals surface area contributed by atoms with E-state index in [1.165, 1.54) is 4.68 Å². The van der Waals surface area contributed by atoms with Crippen LogP contribution in [0.15, 0.2) is 71.0 Å². The fourth-order valence-electron chi connectivity index (χ4n) is 3.88. The van der Waals surface area contributed by atoms with Crippen LogP contribution in [-0.2, 0) is 11.3 Å². The molecule has 0 aliphatic carbocycles. The van der Waals surface area contributed by atoms with E-state index in [4.69, 9.17) is 0 Å². The van der Waals surface area contributed by atoms with Gasteiger partial charge in [-0.2, -0.15) is 9.94 Å². The lowest BCUT2D eigenvalue weighted by Crippen LogP contribution is -2.30. The number of carbonyl (C=O) groups excluding carboxylic acids is 1. The molecule has 2 aromatic carbocycles. The van der Waals surface area contributed by atoms with Gasteiger partial charge in [0.05, 0.1) is 10.9 Å². The van der Waals surface area contributed by atoms with Crippen LogP contribution in [0.3, 0.4) is 0 Å². The van der Waals surface area contributed by atoms with Crippen molar-refractivity contribution in [3.63, 3.8) is 0 Å². The van der Waals surface area contributed by atoms with Gasteiger partial charge in [-0.15, -0.1) is 0 Å². The third-order valence-electron chi connectivity index (χ3n) is 5.51. The van der Waals surface area contributed by atoms with E-state index in [1.54, 1.807) is 23.7 Å². The van der Waals surface area contributed by atoms with Gasteiger partial charge >= 0.3 is 0 Å². The van der Waals surface area contributed by atoms with Crippen molar-refractivity contribution in [2.24, 2.45) is 0 Å². The van der Waals surface area contributed by atoms with Gasteiger partial charge < -0.3 is 5.32 Å². The third-order valence-corrected chi connectivity index (χ3v) is 5.51.